The topological polar surface area (TPSA) is 25.2 Å². The van der Waals surface area contributed by atoms with E-state index in [1.807, 2.05) is 7.05 Å². The van der Waals surface area contributed by atoms with Crippen molar-refractivity contribution in [3.8, 4) is 0 Å². The summed E-state index contributed by atoms with van der Waals surface area (Å²) in [5.74, 6) is 0.990. The summed E-state index contributed by atoms with van der Waals surface area (Å²) in [5.41, 5.74) is 3.45. The third-order valence-corrected chi connectivity index (χ3v) is 4.33. The number of likely N-dealkylation sites (N-methyl/N-ethyl adjacent to an activating group) is 1. The second kappa shape index (κ2) is 6.04. The molecule has 3 aromatic rings. The highest BCUT2D eigenvalue weighted by atomic mass is 79.9. The second-order valence-electron chi connectivity index (χ2n) is 5.31. The average molecular weight is 344 g/mol. The van der Waals surface area contributed by atoms with Gasteiger partial charge in [0.1, 0.15) is 11.3 Å². The molecule has 3 rings (SSSR count). The molecule has 1 aromatic heterocycles. The van der Waals surface area contributed by atoms with E-state index in [1.165, 1.54) is 16.5 Å². The minimum absolute atomic E-state index is 0.179. The molecule has 0 aliphatic heterocycles. The molecule has 1 atom stereocenters. The molecule has 0 saturated carbocycles. The van der Waals surface area contributed by atoms with Crippen molar-refractivity contribution in [2.75, 3.05) is 7.05 Å². The number of fused-ring (bicyclic) bond motifs is 1. The summed E-state index contributed by atoms with van der Waals surface area (Å²) in [6.45, 7) is 2.08. The molecule has 2 aromatic carbocycles. The molecule has 0 fully saturated rings. The van der Waals surface area contributed by atoms with E-state index in [-0.39, 0.29) is 6.04 Å². The molecule has 0 saturated heterocycles. The Hall–Kier alpha value is -1.58. The third-order valence-electron chi connectivity index (χ3n) is 3.81. The van der Waals surface area contributed by atoms with Gasteiger partial charge >= 0.3 is 0 Å². The van der Waals surface area contributed by atoms with Gasteiger partial charge in [-0.25, -0.2) is 0 Å². The number of hydrogen-bond donors (Lipinski definition) is 1. The molecule has 0 amide bonds. The van der Waals surface area contributed by atoms with Crippen molar-refractivity contribution >= 4 is 26.9 Å². The van der Waals surface area contributed by atoms with Crippen LogP contribution in [0.1, 0.15) is 22.9 Å². The van der Waals surface area contributed by atoms with Gasteiger partial charge in [0.05, 0.1) is 6.04 Å². The van der Waals surface area contributed by atoms with Gasteiger partial charge in [0, 0.05) is 9.86 Å². The average Bonchev–Trinajstić information content (AvgIpc) is 2.92. The lowest BCUT2D eigenvalue weighted by Crippen LogP contribution is -2.18. The molecule has 0 radical (unpaired) electrons. The lowest BCUT2D eigenvalue weighted by Gasteiger charge is -2.13. The van der Waals surface area contributed by atoms with Crippen molar-refractivity contribution in [2.24, 2.45) is 0 Å². The van der Waals surface area contributed by atoms with E-state index in [0.29, 0.717) is 0 Å². The second-order valence-corrected chi connectivity index (χ2v) is 6.23. The van der Waals surface area contributed by atoms with Crippen LogP contribution in [0.4, 0.5) is 0 Å². The van der Waals surface area contributed by atoms with Crippen LogP contribution >= 0.6 is 15.9 Å². The van der Waals surface area contributed by atoms with Crippen LogP contribution in [0.3, 0.4) is 0 Å². The quantitative estimate of drug-likeness (QED) is 0.720. The van der Waals surface area contributed by atoms with Gasteiger partial charge < -0.3 is 9.73 Å². The van der Waals surface area contributed by atoms with Gasteiger partial charge in [0.2, 0.25) is 0 Å². The SMILES string of the molecule is CNC(Cc1ccc(Br)cc1)c1cc2cccc(C)c2o1. The summed E-state index contributed by atoms with van der Waals surface area (Å²) in [4.78, 5) is 0. The molecule has 21 heavy (non-hydrogen) atoms. The maximum absolute atomic E-state index is 6.08. The first-order chi connectivity index (χ1) is 10.2. The lowest BCUT2D eigenvalue weighted by atomic mass is 10.0. The predicted molar refractivity (Wildman–Crippen MR) is 90.6 cm³/mol. The fourth-order valence-corrected chi connectivity index (χ4v) is 2.87. The van der Waals surface area contributed by atoms with Gasteiger partial charge in [-0.2, -0.15) is 0 Å². The van der Waals surface area contributed by atoms with Crippen LogP contribution in [0, 0.1) is 6.92 Å². The summed E-state index contributed by atoms with van der Waals surface area (Å²) in [7, 11) is 1.98. The zero-order valence-electron chi connectivity index (χ0n) is 12.2. The van der Waals surface area contributed by atoms with Crippen LogP contribution in [0.25, 0.3) is 11.0 Å². The Bertz CT molecular complexity index is 746. The number of halogens is 1. The van der Waals surface area contributed by atoms with E-state index in [2.05, 4.69) is 76.7 Å². The van der Waals surface area contributed by atoms with Gasteiger partial charge in [0.25, 0.3) is 0 Å². The van der Waals surface area contributed by atoms with Crippen LogP contribution in [0.15, 0.2) is 57.4 Å². The van der Waals surface area contributed by atoms with E-state index >= 15 is 0 Å². The zero-order valence-corrected chi connectivity index (χ0v) is 13.8. The third kappa shape index (κ3) is 3.04. The lowest BCUT2D eigenvalue weighted by molar-refractivity contribution is 0.450. The van der Waals surface area contributed by atoms with Crippen molar-refractivity contribution in [1.29, 1.82) is 0 Å². The molecule has 0 aliphatic rings. The monoisotopic (exact) mass is 343 g/mol. The Morgan fingerprint density at radius 2 is 1.90 bits per heavy atom. The molecule has 3 heteroatoms. The van der Waals surface area contributed by atoms with Crippen LogP contribution in [-0.2, 0) is 6.42 Å². The number of aryl methyl sites for hydroxylation is 1. The standard InChI is InChI=1S/C18H18BrNO/c1-12-4-3-5-14-11-17(21-18(12)14)16(20-2)10-13-6-8-15(19)9-7-13/h3-9,11,16,20H,10H2,1-2H3. The molecule has 2 nitrogen and oxygen atoms in total. The normalized spacial score (nSPS) is 12.7. The van der Waals surface area contributed by atoms with Crippen LogP contribution in [0.5, 0.6) is 0 Å². The van der Waals surface area contributed by atoms with Crippen LogP contribution in [-0.4, -0.2) is 7.05 Å². The van der Waals surface area contributed by atoms with E-state index in [9.17, 15) is 0 Å². The molecule has 0 spiro atoms. The Kier molecular flexibility index (Phi) is 4.13. The van der Waals surface area contributed by atoms with E-state index < -0.39 is 0 Å². The largest absolute Gasteiger partial charge is 0.459 e. The van der Waals surface area contributed by atoms with Crippen molar-refractivity contribution < 1.29 is 4.42 Å². The number of para-hydroxylation sites is 1. The Labute approximate surface area is 133 Å². The van der Waals surface area contributed by atoms with Gasteiger partial charge in [-0.1, -0.05) is 46.3 Å². The summed E-state index contributed by atoms with van der Waals surface area (Å²) < 4.78 is 7.18. The number of hydrogen-bond acceptors (Lipinski definition) is 2. The fraction of sp³-hybridized carbons (Fsp3) is 0.222. The van der Waals surface area contributed by atoms with Crippen molar-refractivity contribution in [3.05, 3.63) is 69.9 Å². The number of nitrogens with one attached hydrogen (secondary N) is 1. The molecule has 1 heterocycles. The summed E-state index contributed by atoms with van der Waals surface area (Å²) in [5, 5.41) is 4.52. The van der Waals surface area contributed by atoms with Crippen molar-refractivity contribution in [1.82, 2.24) is 5.32 Å². The van der Waals surface area contributed by atoms with Crippen LogP contribution < -0.4 is 5.32 Å². The molecular weight excluding hydrogens is 326 g/mol. The molecule has 108 valence electrons. The Balaban J connectivity index is 1.90. The number of benzene rings is 2. The summed E-state index contributed by atoms with van der Waals surface area (Å²) >= 11 is 3.47. The fourth-order valence-electron chi connectivity index (χ4n) is 2.60. The highest BCUT2D eigenvalue weighted by Gasteiger charge is 2.16. The summed E-state index contributed by atoms with van der Waals surface area (Å²) in [6.07, 6.45) is 0.905. The highest BCUT2D eigenvalue weighted by Crippen LogP contribution is 2.28. The number of furan rings is 1. The van der Waals surface area contributed by atoms with Crippen LogP contribution in [0.2, 0.25) is 0 Å². The smallest absolute Gasteiger partial charge is 0.137 e. The van der Waals surface area contributed by atoms with Gasteiger partial charge in [-0.3, -0.25) is 0 Å². The van der Waals surface area contributed by atoms with Crippen molar-refractivity contribution in [2.45, 2.75) is 19.4 Å². The van der Waals surface area contributed by atoms with E-state index in [0.717, 1.165) is 22.2 Å². The number of rotatable bonds is 4. The first kappa shape index (κ1) is 14.4. The predicted octanol–water partition coefficient (Wildman–Crippen LogP) is 5.01. The Morgan fingerprint density at radius 3 is 2.57 bits per heavy atom. The zero-order chi connectivity index (χ0) is 14.8. The summed E-state index contributed by atoms with van der Waals surface area (Å²) in [6, 6.07) is 17.0. The van der Waals surface area contributed by atoms with Crippen molar-refractivity contribution in [3.63, 3.8) is 0 Å². The minimum atomic E-state index is 0.179. The minimum Gasteiger partial charge on any atom is -0.459 e. The van der Waals surface area contributed by atoms with E-state index in [1.54, 1.807) is 0 Å². The first-order valence-electron chi connectivity index (χ1n) is 7.08. The Morgan fingerprint density at radius 1 is 1.14 bits per heavy atom. The van der Waals surface area contributed by atoms with Gasteiger partial charge in [-0.05, 0) is 49.7 Å². The molecule has 0 bridgehead atoms. The molecule has 1 N–H and O–H groups in total. The first-order valence-corrected chi connectivity index (χ1v) is 7.87. The maximum atomic E-state index is 6.08. The van der Waals surface area contributed by atoms with Gasteiger partial charge in [0.15, 0.2) is 0 Å². The molecular formula is C18H18BrNO. The van der Waals surface area contributed by atoms with E-state index in [4.69, 9.17) is 4.42 Å². The maximum Gasteiger partial charge on any atom is 0.137 e. The van der Waals surface area contributed by atoms with Gasteiger partial charge in [-0.15, -0.1) is 0 Å². The molecule has 1 unspecified atom stereocenters. The molecule has 0 aliphatic carbocycles. The highest BCUT2D eigenvalue weighted by molar-refractivity contribution is 9.10.